The van der Waals surface area contributed by atoms with Crippen LogP contribution in [0.2, 0.25) is 0 Å². The van der Waals surface area contributed by atoms with Crippen molar-refractivity contribution >= 4 is 12.0 Å². The van der Waals surface area contributed by atoms with E-state index >= 15 is 0 Å². The molecule has 0 bridgehead atoms. The lowest BCUT2D eigenvalue weighted by atomic mass is 10.2. The number of alkyl carbamates (subject to hydrolysis) is 1. The topological polar surface area (TPSA) is 67.9 Å². The number of nitrogens with zero attached hydrogens (tertiary/aromatic N) is 1. The summed E-state index contributed by atoms with van der Waals surface area (Å²) in [5.74, 6) is -0.742. The Morgan fingerprint density at radius 1 is 1.32 bits per heavy atom. The molecular weight excluding hydrogens is 291 g/mol. The normalized spacial score (nSPS) is 10.4. The first-order valence-corrected chi connectivity index (χ1v) is 7.01. The van der Waals surface area contributed by atoms with Crippen LogP contribution in [-0.2, 0) is 16.1 Å². The summed E-state index contributed by atoms with van der Waals surface area (Å²) in [7, 11) is 1.40. The number of ether oxygens (including phenoxy) is 2. The number of rotatable bonds is 7. The molecule has 122 valence electrons. The van der Waals surface area contributed by atoms with E-state index in [2.05, 4.69) is 10.1 Å². The van der Waals surface area contributed by atoms with Gasteiger partial charge in [-0.1, -0.05) is 13.0 Å². The van der Waals surface area contributed by atoms with E-state index in [1.54, 1.807) is 17.9 Å². The Hall–Kier alpha value is -2.15. The summed E-state index contributed by atoms with van der Waals surface area (Å²) in [6.07, 6.45) is -0.765. The fourth-order valence-corrected chi connectivity index (χ4v) is 1.87. The molecule has 0 unspecified atom stereocenters. The minimum Gasteiger partial charge on any atom is -0.494 e. The molecule has 0 aliphatic rings. The number of carbonyl (C=O) groups is 2. The van der Waals surface area contributed by atoms with Gasteiger partial charge in [0.2, 0.25) is 5.91 Å². The summed E-state index contributed by atoms with van der Waals surface area (Å²) in [5, 5.41) is 2.13. The third-order valence-corrected chi connectivity index (χ3v) is 2.95. The SMILES string of the molecule is CCOC(=O)NC(=O)CN(CC)Cc1ccc(OC)c(F)c1. The molecule has 2 amide bonds. The second kappa shape index (κ2) is 8.99. The Balaban J connectivity index is 2.59. The van der Waals surface area contributed by atoms with Crippen LogP contribution in [0.4, 0.5) is 9.18 Å². The van der Waals surface area contributed by atoms with Gasteiger partial charge < -0.3 is 9.47 Å². The maximum absolute atomic E-state index is 13.6. The van der Waals surface area contributed by atoms with Gasteiger partial charge in [-0.2, -0.15) is 0 Å². The van der Waals surface area contributed by atoms with Crippen molar-refractivity contribution in [2.24, 2.45) is 0 Å². The van der Waals surface area contributed by atoms with Crippen LogP contribution in [0.5, 0.6) is 5.75 Å². The zero-order valence-electron chi connectivity index (χ0n) is 13.0. The van der Waals surface area contributed by atoms with Gasteiger partial charge in [0.25, 0.3) is 0 Å². The van der Waals surface area contributed by atoms with Crippen molar-refractivity contribution in [3.8, 4) is 5.75 Å². The maximum Gasteiger partial charge on any atom is 0.413 e. The monoisotopic (exact) mass is 312 g/mol. The molecule has 0 saturated carbocycles. The molecule has 6 nitrogen and oxygen atoms in total. The molecule has 0 fully saturated rings. The van der Waals surface area contributed by atoms with Gasteiger partial charge in [-0.05, 0) is 31.2 Å². The summed E-state index contributed by atoms with van der Waals surface area (Å²) in [5.41, 5.74) is 0.712. The molecule has 0 heterocycles. The quantitative estimate of drug-likeness (QED) is 0.833. The first-order valence-electron chi connectivity index (χ1n) is 7.01. The van der Waals surface area contributed by atoms with E-state index < -0.39 is 17.8 Å². The molecule has 0 aromatic heterocycles. The molecule has 1 aromatic rings. The highest BCUT2D eigenvalue weighted by molar-refractivity contribution is 5.92. The fourth-order valence-electron chi connectivity index (χ4n) is 1.87. The van der Waals surface area contributed by atoms with Crippen LogP contribution in [0, 0.1) is 5.82 Å². The van der Waals surface area contributed by atoms with E-state index in [1.165, 1.54) is 19.2 Å². The molecule has 0 aliphatic heterocycles. The Morgan fingerprint density at radius 3 is 2.59 bits per heavy atom. The summed E-state index contributed by atoms with van der Waals surface area (Å²) < 4.78 is 23.1. The van der Waals surface area contributed by atoms with Gasteiger partial charge in [-0.3, -0.25) is 15.0 Å². The van der Waals surface area contributed by atoms with Crippen LogP contribution >= 0.6 is 0 Å². The number of hydrogen-bond acceptors (Lipinski definition) is 5. The molecule has 0 saturated heterocycles. The van der Waals surface area contributed by atoms with Crippen LogP contribution in [-0.4, -0.2) is 43.7 Å². The zero-order valence-corrected chi connectivity index (χ0v) is 13.0. The number of imide groups is 1. The van der Waals surface area contributed by atoms with Gasteiger partial charge in [0.15, 0.2) is 11.6 Å². The molecule has 0 radical (unpaired) electrons. The molecule has 7 heteroatoms. The van der Waals surface area contributed by atoms with Crippen molar-refractivity contribution in [2.45, 2.75) is 20.4 Å². The van der Waals surface area contributed by atoms with Crippen molar-refractivity contribution in [2.75, 3.05) is 26.8 Å². The number of nitrogens with one attached hydrogen (secondary N) is 1. The van der Waals surface area contributed by atoms with Gasteiger partial charge in [-0.25, -0.2) is 9.18 Å². The van der Waals surface area contributed by atoms with Crippen LogP contribution in [0.3, 0.4) is 0 Å². The second-order valence-corrected chi connectivity index (χ2v) is 4.54. The highest BCUT2D eigenvalue weighted by Crippen LogP contribution is 2.18. The highest BCUT2D eigenvalue weighted by atomic mass is 19.1. The Morgan fingerprint density at radius 2 is 2.05 bits per heavy atom. The predicted octanol–water partition coefficient (Wildman–Crippen LogP) is 1.93. The first-order chi connectivity index (χ1) is 10.5. The molecule has 0 atom stereocenters. The number of likely N-dealkylation sites (N-methyl/N-ethyl adjacent to an activating group) is 1. The van der Waals surface area contributed by atoms with E-state index in [-0.39, 0.29) is 18.9 Å². The lowest BCUT2D eigenvalue weighted by molar-refractivity contribution is -0.121. The van der Waals surface area contributed by atoms with E-state index in [0.29, 0.717) is 18.7 Å². The van der Waals surface area contributed by atoms with Crippen LogP contribution in [0.1, 0.15) is 19.4 Å². The average Bonchev–Trinajstić information content (AvgIpc) is 2.46. The fraction of sp³-hybridized carbons (Fsp3) is 0.467. The van der Waals surface area contributed by atoms with E-state index in [1.807, 2.05) is 6.92 Å². The van der Waals surface area contributed by atoms with Crippen molar-refractivity contribution < 1.29 is 23.5 Å². The zero-order chi connectivity index (χ0) is 16.5. The molecule has 1 N–H and O–H groups in total. The lowest BCUT2D eigenvalue weighted by Crippen LogP contribution is -2.40. The number of hydrogen-bond donors (Lipinski definition) is 1. The molecule has 22 heavy (non-hydrogen) atoms. The number of amides is 2. The smallest absolute Gasteiger partial charge is 0.413 e. The third kappa shape index (κ3) is 5.69. The van der Waals surface area contributed by atoms with E-state index in [9.17, 15) is 14.0 Å². The van der Waals surface area contributed by atoms with Crippen molar-refractivity contribution in [3.05, 3.63) is 29.6 Å². The Bertz CT molecular complexity index is 522. The van der Waals surface area contributed by atoms with Gasteiger partial charge in [0.1, 0.15) is 0 Å². The predicted molar refractivity (Wildman–Crippen MR) is 79.1 cm³/mol. The van der Waals surface area contributed by atoms with E-state index in [4.69, 9.17) is 4.74 Å². The van der Waals surface area contributed by atoms with Gasteiger partial charge in [0.05, 0.1) is 20.3 Å². The minimum atomic E-state index is -0.765. The van der Waals surface area contributed by atoms with Gasteiger partial charge >= 0.3 is 6.09 Å². The van der Waals surface area contributed by atoms with Crippen molar-refractivity contribution in [1.82, 2.24) is 10.2 Å². The summed E-state index contributed by atoms with van der Waals surface area (Å²) in [6.45, 7) is 4.69. The molecule has 0 aliphatic carbocycles. The van der Waals surface area contributed by atoms with Crippen LogP contribution in [0.25, 0.3) is 0 Å². The van der Waals surface area contributed by atoms with Crippen molar-refractivity contribution in [1.29, 1.82) is 0 Å². The summed E-state index contributed by atoms with van der Waals surface area (Å²) in [4.78, 5) is 24.6. The molecule has 0 spiro atoms. The van der Waals surface area contributed by atoms with E-state index in [0.717, 1.165) is 0 Å². The summed E-state index contributed by atoms with van der Waals surface area (Å²) >= 11 is 0. The largest absolute Gasteiger partial charge is 0.494 e. The average molecular weight is 312 g/mol. The minimum absolute atomic E-state index is 0.0168. The molecule has 1 aromatic carbocycles. The maximum atomic E-state index is 13.6. The Kier molecular flexibility index (Phi) is 7.31. The molecular formula is C15H21FN2O4. The standard InChI is InChI=1S/C15H21FN2O4/c1-4-18(10-14(19)17-15(20)22-5-2)9-11-6-7-13(21-3)12(16)8-11/h6-8H,4-5,9-10H2,1-3H3,(H,17,19,20). The van der Waals surface area contributed by atoms with Crippen molar-refractivity contribution in [3.63, 3.8) is 0 Å². The van der Waals surface area contributed by atoms with Gasteiger partial charge in [-0.15, -0.1) is 0 Å². The van der Waals surface area contributed by atoms with Crippen LogP contribution in [0.15, 0.2) is 18.2 Å². The third-order valence-electron chi connectivity index (χ3n) is 2.95. The number of halogens is 1. The molecule has 1 rings (SSSR count). The second-order valence-electron chi connectivity index (χ2n) is 4.54. The first kappa shape index (κ1) is 17.9. The lowest BCUT2D eigenvalue weighted by Gasteiger charge is -2.19. The Labute approximate surface area is 129 Å². The number of methoxy groups -OCH3 is 1. The highest BCUT2D eigenvalue weighted by Gasteiger charge is 2.14. The van der Waals surface area contributed by atoms with Crippen LogP contribution < -0.4 is 10.1 Å². The number of benzene rings is 1. The van der Waals surface area contributed by atoms with Gasteiger partial charge in [0, 0.05) is 6.54 Å². The summed E-state index contributed by atoms with van der Waals surface area (Å²) in [6, 6.07) is 4.63. The number of carbonyl (C=O) groups excluding carboxylic acids is 2.